The molecule has 1 N–H and O–H groups in total. The lowest BCUT2D eigenvalue weighted by Crippen LogP contribution is -2.45. The van der Waals surface area contributed by atoms with Crippen LogP contribution in [0.5, 0.6) is 0 Å². The highest BCUT2D eigenvalue weighted by atomic mass is 32.2. The summed E-state index contributed by atoms with van der Waals surface area (Å²) in [4.78, 5) is 0. The molecule has 0 aromatic carbocycles. The standard InChI is InChI=1S/C10H24N2S/c1-7-12(13-6)8-9(11-5)10(2,3)4/h9,11H,7-8H2,1-6H3. The highest BCUT2D eigenvalue weighted by Crippen LogP contribution is 2.21. The zero-order valence-corrected chi connectivity index (χ0v) is 10.7. The van der Waals surface area contributed by atoms with E-state index in [2.05, 4.69) is 43.6 Å². The van der Waals surface area contributed by atoms with Gasteiger partial charge in [-0.3, -0.25) is 0 Å². The summed E-state index contributed by atoms with van der Waals surface area (Å²) in [5, 5.41) is 3.39. The molecule has 0 rings (SSSR count). The van der Waals surface area contributed by atoms with E-state index in [0.717, 1.165) is 13.1 Å². The van der Waals surface area contributed by atoms with Gasteiger partial charge < -0.3 is 5.32 Å². The van der Waals surface area contributed by atoms with Crippen molar-refractivity contribution in [3.05, 3.63) is 0 Å². The minimum absolute atomic E-state index is 0.331. The van der Waals surface area contributed by atoms with E-state index in [9.17, 15) is 0 Å². The summed E-state index contributed by atoms with van der Waals surface area (Å²) in [7, 11) is 2.05. The SMILES string of the molecule is CCN(CC(NC)C(C)(C)C)SC. The Morgan fingerprint density at radius 1 is 1.38 bits per heavy atom. The van der Waals surface area contributed by atoms with Crippen LogP contribution in [-0.4, -0.2) is 36.7 Å². The van der Waals surface area contributed by atoms with Crippen molar-refractivity contribution in [2.24, 2.45) is 5.41 Å². The van der Waals surface area contributed by atoms with Gasteiger partial charge in [0.25, 0.3) is 0 Å². The van der Waals surface area contributed by atoms with Gasteiger partial charge in [-0.1, -0.05) is 39.6 Å². The van der Waals surface area contributed by atoms with Crippen molar-refractivity contribution in [2.75, 3.05) is 26.4 Å². The number of nitrogens with zero attached hydrogens (tertiary/aromatic N) is 1. The van der Waals surface area contributed by atoms with Crippen LogP contribution in [0, 0.1) is 5.41 Å². The van der Waals surface area contributed by atoms with Gasteiger partial charge in [0.1, 0.15) is 0 Å². The van der Waals surface area contributed by atoms with Gasteiger partial charge in [0.2, 0.25) is 0 Å². The molecule has 0 fully saturated rings. The molecule has 0 bridgehead atoms. The van der Waals surface area contributed by atoms with Crippen LogP contribution in [0.2, 0.25) is 0 Å². The van der Waals surface area contributed by atoms with Gasteiger partial charge in [0.05, 0.1) is 0 Å². The number of rotatable bonds is 5. The van der Waals surface area contributed by atoms with Crippen molar-refractivity contribution in [3.8, 4) is 0 Å². The van der Waals surface area contributed by atoms with Gasteiger partial charge in [-0.25, -0.2) is 4.31 Å². The monoisotopic (exact) mass is 204 g/mol. The van der Waals surface area contributed by atoms with E-state index in [1.165, 1.54) is 0 Å². The van der Waals surface area contributed by atoms with Gasteiger partial charge in [-0.05, 0) is 18.7 Å². The van der Waals surface area contributed by atoms with Crippen LogP contribution in [0.25, 0.3) is 0 Å². The Labute approximate surface area is 87.6 Å². The molecule has 2 nitrogen and oxygen atoms in total. The van der Waals surface area contributed by atoms with Crippen molar-refractivity contribution >= 4 is 11.9 Å². The quantitative estimate of drug-likeness (QED) is 0.691. The Bertz CT molecular complexity index is 127. The number of likely N-dealkylation sites (N-methyl/N-ethyl adjacent to an activating group) is 2. The molecule has 0 saturated carbocycles. The minimum Gasteiger partial charge on any atom is -0.315 e. The molecule has 0 heterocycles. The molecular formula is C10H24N2S. The first-order chi connectivity index (χ1) is 5.95. The fraction of sp³-hybridized carbons (Fsp3) is 1.00. The first kappa shape index (κ1) is 13.3. The summed E-state index contributed by atoms with van der Waals surface area (Å²) in [6, 6.07) is 0.555. The highest BCUT2D eigenvalue weighted by molar-refractivity contribution is 7.96. The van der Waals surface area contributed by atoms with Crippen molar-refractivity contribution in [1.82, 2.24) is 9.62 Å². The smallest absolute Gasteiger partial charge is 0.0249 e. The van der Waals surface area contributed by atoms with E-state index in [0.29, 0.717) is 11.5 Å². The molecule has 80 valence electrons. The van der Waals surface area contributed by atoms with Crippen LogP contribution in [-0.2, 0) is 0 Å². The first-order valence-electron chi connectivity index (χ1n) is 4.92. The predicted octanol–water partition coefficient (Wildman–Crippen LogP) is 2.22. The van der Waals surface area contributed by atoms with E-state index >= 15 is 0 Å². The summed E-state index contributed by atoms with van der Waals surface area (Å²) >= 11 is 1.82. The van der Waals surface area contributed by atoms with Crippen LogP contribution >= 0.6 is 11.9 Å². The lowest BCUT2D eigenvalue weighted by molar-refractivity contribution is 0.244. The van der Waals surface area contributed by atoms with E-state index in [-0.39, 0.29) is 0 Å². The van der Waals surface area contributed by atoms with Gasteiger partial charge in [-0.15, -0.1) is 0 Å². The Hall–Kier alpha value is 0.270. The molecule has 0 aliphatic carbocycles. The van der Waals surface area contributed by atoms with Crippen molar-refractivity contribution in [2.45, 2.75) is 33.7 Å². The minimum atomic E-state index is 0.331. The fourth-order valence-corrected chi connectivity index (χ4v) is 1.89. The first-order valence-corrected chi connectivity index (χ1v) is 6.10. The second kappa shape index (κ2) is 5.89. The Morgan fingerprint density at radius 3 is 2.15 bits per heavy atom. The van der Waals surface area contributed by atoms with Crippen molar-refractivity contribution in [3.63, 3.8) is 0 Å². The number of hydrogen-bond donors (Lipinski definition) is 1. The van der Waals surface area contributed by atoms with Gasteiger partial charge in [0.15, 0.2) is 0 Å². The Balaban J connectivity index is 4.11. The average molecular weight is 204 g/mol. The average Bonchev–Trinajstić information content (AvgIpc) is 2.04. The van der Waals surface area contributed by atoms with Gasteiger partial charge >= 0.3 is 0 Å². The molecule has 1 atom stereocenters. The largest absolute Gasteiger partial charge is 0.315 e. The van der Waals surface area contributed by atoms with Gasteiger partial charge in [0, 0.05) is 19.1 Å². The molecule has 13 heavy (non-hydrogen) atoms. The van der Waals surface area contributed by atoms with Crippen molar-refractivity contribution in [1.29, 1.82) is 0 Å². The Kier molecular flexibility index (Phi) is 6.01. The highest BCUT2D eigenvalue weighted by Gasteiger charge is 2.24. The molecule has 0 aromatic heterocycles. The van der Waals surface area contributed by atoms with E-state index in [4.69, 9.17) is 0 Å². The lowest BCUT2D eigenvalue weighted by Gasteiger charge is -2.33. The molecule has 0 radical (unpaired) electrons. The van der Waals surface area contributed by atoms with E-state index < -0.39 is 0 Å². The molecule has 1 unspecified atom stereocenters. The maximum absolute atomic E-state index is 3.39. The van der Waals surface area contributed by atoms with Crippen molar-refractivity contribution < 1.29 is 0 Å². The van der Waals surface area contributed by atoms with Crippen LogP contribution in [0.4, 0.5) is 0 Å². The third-order valence-electron chi connectivity index (χ3n) is 2.39. The van der Waals surface area contributed by atoms with Crippen LogP contribution in [0.3, 0.4) is 0 Å². The second-order valence-corrected chi connectivity index (χ2v) is 5.25. The summed E-state index contributed by atoms with van der Waals surface area (Å²) in [6.45, 7) is 11.3. The molecule has 3 heteroatoms. The maximum atomic E-state index is 3.39. The summed E-state index contributed by atoms with van der Waals surface area (Å²) in [5.74, 6) is 0. The molecule has 0 aliphatic rings. The summed E-state index contributed by atoms with van der Waals surface area (Å²) < 4.78 is 2.38. The number of nitrogens with one attached hydrogen (secondary N) is 1. The molecule has 0 aliphatic heterocycles. The molecule has 0 aromatic rings. The molecule has 0 amide bonds. The molecule has 0 spiro atoms. The third kappa shape index (κ3) is 4.89. The van der Waals surface area contributed by atoms with E-state index in [1.807, 2.05) is 19.0 Å². The normalized spacial score (nSPS) is 15.0. The predicted molar refractivity (Wildman–Crippen MR) is 63.1 cm³/mol. The molecule has 0 saturated heterocycles. The van der Waals surface area contributed by atoms with Crippen LogP contribution < -0.4 is 5.32 Å². The molecular weight excluding hydrogens is 180 g/mol. The van der Waals surface area contributed by atoms with Gasteiger partial charge in [-0.2, -0.15) is 0 Å². The maximum Gasteiger partial charge on any atom is 0.0249 e. The number of hydrogen-bond acceptors (Lipinski definition) is 3. The fourth-order valence-electron chi connectivity index (χ4n) is 1.33. The van der Waals surface area contributed by atoms with Crippen LogP contribution in [0.1, 0.15) is 27.7 Å². The third-order valence-corrected chi connectivity index (χ3v) is 3.31. The van der Waals surface area contributed by atoms with Crippen LogP contribution in [0.15, 0.2) is 0 Å². The Morgan fingerprint density at radius 2 is 1.92 bits per heavy atom. The summed E-state index contributed by atoms with van der Waals surface area (Å²) in [5.41, 5.74) is 0.331. The topological polar surface area (TPSA) is 15.3 Å². The zero-order valence-electron chi connectivity index (χ0n) is 9.85. The lowest BCUT2D eigenvalue weighted by atomic mass is 9.87. The second-order valence-electron chi connectivity index (χ2n) is 4.37. The van der Waals surface area contributed by atoms with E-state index in [1.54, 1.807) is 0 Å². The zero-order chi connectivity index (χ0) is 10.5. The summed E-state index contributed by atoms with van der Waals surface area (Å²) in [6.07, 6.45) is 2.14.